The first-order valence-corrected chi connectivity index (χ1v) is 13.7. The van der Waals surface area contributed by atoms with Crippen LogP contribution in [0.1, 0.15) is 36.8 Å². The summed E-state index contributed by atoms with van der Waals surface area (Å²) in [6, 6.07) is 29.9. The number of nitrogens with one attached hydrogen (secondary N) is 2. The topological polar surface area (TPSA) is 49.8 Å². The summed E-state index contributed by atoms with van der Waals surface area (Å²) in [5.41, 5.74) is 9.13. The number of anilines is 2. The van der Waals surface area contributed by atoms with Crippen LogP contribution < -0.4 is 10.6 Å². The molecular weight excluding hydrogens is 464 g/mol. The average Bonchev–Trinajstić information content (AvgIpc) is 2.93. The van der Waals surface area contributed by atoms with Gasteiger partial charge in [-0.1, -0.05) is 72.5 Å². The molecular formula is C34H34N4. The number of hydrogen-bond donors (Lipinski definition) is 2. The maximum absolute atomic E-state index is 4.87. The van der Waals surface area contributed by atoms with E-state index in [1.807, 2.05) is 0 Å². The van der Waals surface area contributed by atoms with Gasteiger partial charge >= 0.3 is 0 Å². The van der Waals surface area contributed by atoms with Crippen LogP contribution in [-0.4, -0.2) is 23.1 Å². The zero-order chi connectivity index (χ0) is 25.9. The number of aromatic nitrogens is 2. The molecule has 6 aromatic rings. The molecule has 0 aliphatic heterocycles. The minimum absolute atomic E-state index is 0.962. The highest BCUT2D eigenvalue weighted by molar-refractivity contribution is 6.08. The molecule has 0 fully saturated rings. The van der Waals surface area contributed by atoms with Gasteiger partial charge in [-0.3, -0.25) is 0 Å². The molecule has 6 rings (SSSR count). The van der Waals surface area contributed by atoms with Gasteiger partial charge in [-0.05, 0) is 63.1 Å². The molecule has 2 heterocycles. The van der Waals surface area contributed by atoms with E-state index in [2.05, 4.69) is 109 Å². The fourth-order valence-corrected chi connectivity index (χ4v) is 5.42. The SMILES string of the molecule is Cc1ccc2nc3ccccc3c(NCCCCCCNc3c4ccccc4nc4ccc(C)cc34)c2c1. The van der Waals surface area contributed by atoms with Gasteiger partial charge in [-0.2, -0.15) is 0 Å². The van der Waals surface area contributed by atoms with Crippen LogP contribution in [-0.2, 0) is 0 Å². The minimum Gasteiger partial charge on any atom is -0.384 e. The number of unbranched alkanes of at least 4 members (excludes halogenated alkanes) is 3. The Labute approximate surface area is 224 Å². The van der Waals surface area contributed by atoms with Gasteiger partial charge in [-0.15, -0.1) is 0 Å². The third kappa shape index (κ3) is 4.87. The second-order valence-corrected chi connectivity index (χ2v) is 10.3. The molecule has 0 unspecified atom stereocenters. The first-order chi connectivity index (χ1) is 18.7. The molecule has 0 bridgehead atoms. The fourth-order valence-electron chi connectivity index (χ4n) is 5.42. The number of nitrogens with zero attached hydrogens (tertiary/aromatic N) is 2. The van der Waals surface area contributed by atoms with Crippen molar-refractivity contribution < 1.29 is 0 Å². The third-order valence-electron chi connectivity index (χ3n) is 7.38. The van der Waals surface area contributed by atoms with E-state index < -0.39 is 0 Å². The van der Waals surface area contributed by atoms with Gasteiger partial charge < -0.3 is 10.6 Å². The molecule has 4 nitrogen and oxygen atoms in total. The molecule has 0 saturated heterocycles. The van der Waals surface area contributed by atoms with Crippen molar-refractivity contribution in [2.75, 3.05) is 23.7 Å². The first kappa shape index (κ1) is 24.2. The summed E-state index contributed by atoms with van der Waals surface area (Å²) in [5.74, 6) is 0. The molecule has 0 aliphatic carbocycles. The zero-order valence-electron chi connectivity index (χ0n) is 22.2. The third-order valence-corrected chi connectivity index (χ3v) is 7.38. The molecule has 4 heteroatoms. The average molecular weight is 499 g/mol. The molecule has 2 N–H and O–H groups in total. The summed E-state index contributed by atoms with van der Waals surface area (Å²) in [5, 5.41) is 12.3. The van der Waals surface area contributed by atoms with Crippen LogP contribution in [0, 0.1) is 13.8 Å². The van der Waals surface area contributed by atoms with Crippen molar-refractivity contribution >= 4 is 55.0 Å². The summed E-state index contributed by atoms with van der Waals surface area (Å²) in [6.07, 6.45) is 4.69. The van der Waals surface area contributed by atoms with Gasteiger partial charge in [0.25, 0.3) is 0 Å². The Morgan fingerprint density at radius 2 is 0.895 bits per heavy atom. The Bertz CT molecular complexity index is 1620. The van der Waals surface area contributed by atoms with Crippen LogP contribution in [0.4, 0.5) is 11.4 Å². The van der Waals surface area contributed by atoms with Crippen molar-refractivity contribution in [2.24, 2.45) is 0 Å². The number of benzene rings is 4. The molecule has 0 amide bonds. The number of pyridine rings is 2. The van der Waals surface area contributed by atoms with E-state index in [9.17, 15) is 0 Å². The van der Waals surface area contributed by atoms with Gasteiger partial charge in [-0.25, -0.2) is 9.97 Å². The predicted molar refractivity (Wildman–Crippen MR) is 163 cm³/mol. The number of aryl methyl sites for hydroxylation is 2. The fraction of sp³-hybridized carbons (Fsp3) is 0.235. The van der Waals surface area contributed by atoms with Gasteiger partial charge in [0.1, 0.15) is 0 Å². The minimum atomic E-state index is 0.962. The summed E-state index contributed by atoms with van der Waals surface area (Å²) in [6.45, 7) is 6.21. The smallest absolute Gasteiger partial charge is 0.0730 e. The molecule has 0 atom stereocenters. The van der Waals surface area contributed by atoms with Gasteiger partial charge in [0.2, 0.25) is 0 Å². The maximum atomic E-state index is 4.87. The standard InChI is InChI=1S/C34H34N4/c1-23-15-17-31-27(21-23)33(25-11-5-7-13-29(25)37-31)35-19-9-3-4-10-20-36-34-26-12-6-8-14-30(26)38-32-18-16-24(2)22-28(32)34/h5-8,11-18,21-22H,3-4,9-10,19-20H2,1-2H3,(H,35,37)(H,36,38). The molecule has 0 radical (unpaired) electrons. The van der Waals surface area contributed by atoms with Crippen molar-refractivity contribution in [1.82, 2.24) is 9.97 Å². The van der Waals surface area contributed by atoms with Crippen LogP contribution in [0.15, 0.2) is 84.9 Å². The lowest BCUT2D eigenvalue weighted by Gasteiger charge is -2.14. The van der Waals surface area contributed by atoms with Crippen molar-refractivity contribution in [3.8, 4) is 0 Å². The van der Waals surface area contributed by atoms with Gasteiger partial charge in [0, 0.05) is 34.6 Å². The predicted octanol–water partition coefficient (Wildman–Crippen LogP) is 8.79. The Kier molecular flexibility index (Phi) is 6.78. The molecule has 0 aliphatic rings. The van der Waals surface area contributed by atoms with Crippen molar-refractivity contribution in [3.05, 3.63) is 96.1 Å². The first-order valence-electron chi connectivity index (χ1n) is 13.7. The highest BCUT2D eigenvalue weighted by Gasteiger charge is 2.10. The lowest BCUT2D eigenvalue weighted by molar-refractivity contribution is 0.671. The van der Waals surface area contributed by atoms with Crippen LogP contribution in [0.2, 0.25) is 0 Å². The van der Waals surface area contributed by atoms with Crippen molar-refractivity contribution in [2.45, 2.75) is 39.5 Å². The molecule has 2 aromatic heterocycles. The van der Waals surface area contributed by atoms with E-state index in [-0.39, 0.29) is 0 Å². The lowest BCUT2D eigenvalue weighted by atomic mass is 10.1. The van der Waals surface area contributed by atoms with Crippen molar-refractivity contribution in [1.29, 1.82) is 0 Å². The van der Waals surface area contributed by atoms with E-state index in [1.54, 1.807) is 0 Å². The monoisotopic (exact) mass is 498 g/mol. The largest absolute Gasteiger partial charge is 0.384 e. The Morgan fingerprint density at radius 1 is 0.474 bits per heavy atom. The van der Waals surface area contributed by atoms with Crippen LogP contribution in [0.3, 0.4) is 0 Å². The second-order valence-electron chi connectivity index (χ2n) is 10.3. The van der Waals surface area contributed by atoms with E-state index in [0.717, 1.165) is 48.0 Å². The Balaban J connectivity index is 1.07. The summed E-state index contributed by atoms with van der Waals surface area (Å²) < 4.78 is 0. The normalized spacial score (nSPS) is 11.5. The molecule has 38 heavy (non-hydrogen) atoms. The van der Waals surface area contributed by atoms with Gasteiger partial charge in [0.05, 0.1) is 33.4 Å². The van der Waals surface area contributed by atoms with E-state index >= 15 is 0 Å². The summed E-state index contributed by atoms with van der Waals surface area (Å²) in [4.78, 5) is 9.75. The number of para-hydroxylation sites is 2. The van der Waals surface area contributed by atoms with Gasteiger partial charge in [0.15, 0.2) is 0 Å². The Morgan fingerprint density at radius 3 is 1.37 bits per heavy atom. The van der Waals surface area contributed by atoms with E-state index in [0.29, 0.717) is 0 Å². The highest BCUT2D eigenvalue weighted by Crippen LogP contribution is 2.32. The molecule has 0 spiro atoms. The van der Waals surface area contributed by atoms with Crippen LogP contribution in [0.5, 0.6) is 0 Å². The summed E-state index contributed by atoms with van der Waals surface area (Å²) >= 11 is 0. The lowest BCUT2D eigenvalue weighted by Crippen LogP contribution is -2.05. The summed E-state index contributed by atoms with van der Waals surface area (Å²) in [7, 11) is 0. The van der Waals surface area contributed by atoms with Crippen LogP contribution in [0.25, 0.3) is 43.6 Å². The molecule has 190 valence electrons. The maximum Gasteiger partial charge on any atom is 0.0730 e. The van der Waals surface area contributed by atoms with Crippen molar-refractivity contribution in [3.63, 3.8) is 0 Å². The zero-order valence-corrected chi connectivity index (χ0v) is 22.2. The molecule has 0 saturated carbocycles. The Hall–Kier alpha value is -4.18. The second kappa shape index (κ2) is 10.7. The highest BCUT2D eigenvalue weighted by atomic mass is 14.9. The number of fused-ring (bicyclic) bond motifs is 4. The van der Waals surface area contributed by atoms with Crippen LogP contribution >= 0.6 is 0 Å². The number of hydrogen-bond acceptors (Lipinski definition) is 4. The van der Waals surface area contributed by atoms with E-state index in [4.69, 9.17) is 9.97 Å². The number of rotatable bonds is 9. The van der Waals surface area contributed by atoms with E-state index in [1.165, 1.54) is 56.9 Å². The quantitative estimate of drug-likeness (QED) is 0.154. The molecule has 4 aromatic carbocycles.